The van der Waals surface area contributed by atoms with E-state index in [0.29, 0.717) is 6.42 Å². The molecule has 2 nitrogen and oxygen atoms in total. The standard InChI is InChI=1S/C14H23NO.C5H9.C4H8.Re/c1-6-7-15-11(3)13-10(2)8-14(4,5)9-12(13)16;1-4-5(2)3;1-2-4-3-1;/h15H,2,6-9H2,1,3-5H3;2-4H2,1H3;1-4H2;/q;-1;;/b13-11+;;;. The zero-order valence-corrected chi connectivity index (χ0v) is 20.5. The van der Waals surface area contributed by atoms with E-state index >= 15 is 0 Å². The average Bonchev–Trinajstić information content (AvgIpc) is 2.41. The SMILES string of the molecule is C1CCC1.C=C([CH2-])CC.C=C1CC(C)(C)CC(=O)/C1=C(\C)NCCC.[Re]. The molecular formula is C23H40NORe-. The Bertz CT molecular complexity index is 458. The first kappa shape index (κ1) is 27.4. The molecule has 0 amide bonds. The van der Waals surface area contributed by atoms with Crippen LogP contribution in [0.1, 0.15) is 86.0 Å². The van der Waals surface area contributed by atoms with E-state index in [2.05, 4.69) is 46.2 Å². The van der Waals surface area contributed by atoms with Crippen molar-refractivity contribution in [2.24, 2.45) is 5.41 Å². The largest absolute Gasteiger partial charge is 0.388 e. The van der Waals surface area contributed by atoms with Gasteiger partial charge in [0.15, 0.2) is 5.78 Å². The number of rotatable bonds is 4. The third-order valence-electron chi connectivity index (χ3n) is 4.48. The van der Waals surface area contributed by atoms with Crippen LogP contribution < -0.4 is 5.32 Å². The monoisotopic (exact) mass is 533 g/mol. The van der Waals surface area contributed by atoms with Crippen molar-refractivity contribution in [3.63, 3.8) is 0 Å². The Morgan fingerprint density at radius 2 is 1.62 bits per heavy atom. The molecule has 0 aromatic rings. The van der Waals surface area contributed by atoms with Gasteiger partial charge in [-0.2, -0.15) is 0 Å². The second-order valence-electron chi connectivity index (χ2n) is 7.99. The van der Waals surface area contributed by atoms with Crippen molar-refractivity contribution in [1.82, 2.24) is 5.32 Å². The van der Waals surface area contributed by atoms with E-state index in [9.17, 15) is 4.79 Å². The topological polar surface area (TPSA) is 29.1 Å². The zero-order valence-electron chi connectivity index (χ0n) is 17.8. The summed E-state index contributed by atoms with van der Waals surface area (Å²) < 4.78 is 0. The molecule has 0 atom stereocenters. The van der Waals surface area contributed by atoms with Crippen LogP contribution in [0.4, 0.5) is 0 Å². The van der Waals surface area contributed by atoms with E-state index in [1.807, 2.05) is 13.8 Å². The zero-order chi connectivity index (χ0) is 19.5. The molecule has 151 valence electrons. The molecule has 2 rings (SSSR count). The maximum Gasteiger partial charge on any atom is 0.165 e. The van der Waals surface area contributed by atoms with Gasteiger partial charge in [-0.1, -0.05) is 66.4 Å². The predicted octanol–water partition coefficient (Wildman–Crippen LogP) is 6.55. The van der Waals surface area contributed by atoms with Gasteiger partial charge >= 0.3 is 0 Å². The first-order chi connectivity index (χ1) is 11.6. The van der Waals surface area contributed by atoms with Crippen LogP contribution >= 0.6 is 0 Å². The molecule has 0 bridgehead atoms. The Kier molecular flexibility index (Phi) is 15.1. The quantitative estimate of drug-likeness (QED) is 0.329. The molecule has 2 saturated carbocycles. The van der Waals surface area contributed by atoms with E-state index in [1.165, 1.54) is 25.7 Å². The predicted molar refractivity (Wildman–Crippen MR) is 111 cm³/mol. The second kappa shape index (κ2) is 14.3. The fourth-order valence-electron chi connectivity index (χ4n) is 2.57. The number of hydrogen-bond donors (Lipinski definition) is 1. The van der Waals surface area contributed by atoms with Crippen LogP contribution in [0, 0.1) is 12.3 Å². The molecule has 0 heterocycles. The Morgan fingerprint density at radius 1 is 1.15 bits per heavy atom. The van der Waals surface area contributed by atoms with Crippen LogP contribution in [0.25, 0.3) is 0 Å². The number of ketones is 1. The Labute approximate surface area is 176 Å². The van der Waals surface area contributed by atoms with Gasteiger partial charge in [-0.15, -0.1) is 0 Å². The van der Waals surface area contributed by atoms with Crippen molar-refractivity contribution in [3.05, 3.63) is 42.5 Å². The van der Waals surface area contributed by atoms with Gasteiger partial charge in [0.05, 0.1) is 0 Å². The molecule has 0 aromatic heterocycles. The van der Waals surface area contributed by atoms with Gasteiger partial charge in [0.1, 0.15) is 0 Å². The number of carbonyl (C=O) groups is 1. The summed E-state index contributed by atoms with van der Waals surface area (Å²) in [6, 6.07) is 0. The first-order valence-electron chi connectivity index (χ1n) is 9.80. The molecule has 1 radical (unpaired) electrons. The minimum absolute atomic E-state index is 0. The van der Waals surface area contributed by atoms with Crippen LogP contribution in [-0.4, -0.2) is 12.3 Å². The van der Waals surface area contributed by atoms with Crippen molar-refractivity contribution in [2.75, 3.05) is 6.54 Å². The molecule has 26 heavy (non-hydrogen) atoms. The molecule has 2 aliphatic carbocycles. The Hall–Kier alpha value is -0.778. The number of nitrogens with one attached hydrogen (secondary N) is 1. The van der Waals surface area contributed by atoms with Gasteiger partial charge in [-0.25, -0.2) is 19.1 Å². The third-order valence-corrected chi connectivity index (χ3v) is 4.48. The summed E-state index contributed by atoms with van der Waals surface area (Å²) in [5, 5.41) is 3.29. The summed E-state index contributed by atoms with van der Waals surface area (Å²) >= 11 is 0. The van der Waals surface area contributed by atoms with Crippen LogP contribution in [0.2, 0.25) is 0 Å². The minimum Gasteiger partial charge on any atom is -0.388 e. The van der Waals surface area contributed by atoms with E-state index in [0.717, 1.165) is 48.2 Å². The maximum absolute atomic E-state index is 12.1. The summed E-state index contributed by atoms with van der Waals surface area (Å²) in [5.74, 6) is 0.238. The molecule has 2 fully saturated rings. The van der Waals surface area contributed by atoms with Crippen LogP contribution in [0.15, 0.2) is 35.6 Å². The van der Waals surface area contributed by atoms with E-state index in [4.69, 9.17) is 0 Å². The normalized spacial score (nSPS) is 19.4. The number of Topliss-reactive ketones (excluding diaryl/α,β-unsaturated/α-hetero) is 1. The van der Waals surface area contributed by atoms with Gasteiger partial charge < -0.3 is 5.32 Å². The van der Waals surface area contributed by atoms with Gasteiger partial charge in [0.2, 0.25) is 0 Å². The van der Waals surface area contributed by atoms with Crippen molar-refractivity contribution in [3.8, 4) is 0 Å². The summed E-state index contributed by atoms with van der Waals surface area (Å²) in [6.07, 6.45) is 9.61. The Morgan fingerprint density at radius 3 is 1.92 bits per heavy atom. The molecular weight excluding hydrogens is 492 g/mol. The average molecular weight is 533 g/mol. The van der Waals surface area contributed by atoms with Crippen LogP contribution in [0.3, 0.4) is 0 Å². The van der Waals surface area contributed by atoms with Crippen molar-refractivity contribution in [2.45, 2.75) is 86.0 Å². The summed E-state index contributed by atoms with van der Waals surface area (Å²) in [6.45, 7) is 22.5. The van der Waals surface area contributed by atoms with Gasteiger partial charge in [-0.05, 0) is 30.8 Å². The minimum atomic E-state index is 0. The van der Waals surface area contributed by atoms with Gasteiger partial charge in [0, 0.05) is 44.7 Å². The number of hydrogen-bond acceptors (Lipinski definition) is 2. The summed E-state index contributed by atoms with van der Waals surface area (Å²) in [4.78, 5) is 12.1. The molecule has 1 N–H and O–H groups in total. The maximum atomic E-state index is 12.1. The summed E-state index contributed by atoms with van der Waals surface area (Å²) in [7, 11) is 0. The second-order valence-corrected chi connectivity index (χ2v) is 7.99. The van der Waals surface area contributed by atoms with Crippen LogP contribution in [-0.2, 0) is 25.2 Å². The molecule has 0 aromatic carbocycles. The smallest absolute Gasteiger partial charge is 0.165 e. The van der Waals surface area contributed by atoms with Crippen LogP contribution in [0.5, 0.6) is 0 Å². The molecule has 0 saturated heterocycles. The van der Waals surface area contributed by atoms with Crippen molar-refractivity contribution < 1.29 is 25.2 Å². The van der Waals surface area contributed by atoms with Gasteiger partial charge in [0.25, 0.3) is 0 Å². The van der Waals surface area contributed by atoms with Gasteiger partial charge in [-0.3, -0.25) is 4.79 Å². The van der Waals surface area contributed by atoms with E-state index in [-0.39, 0.29) is 31.6 Å². The summed E-state index contributed by atoms with van der Waals surface area (Å²) in [5.41, 5.74) is 3.90. The van der Waals surface area contributed by atoms with Crippen molar-refractivity contribution in [1.29, 1.82) is 0 Å². The molecule has 0 aliphatic heterocycles. The third kappa shape index (κ3) is 11.8. The molecule has 0 spiro atoms. The molecule has 3 heteroatoms. The number of carbonyl (C=O) groups excluding carboxylic acids is 1. The fraction of sp³-hybridized carbons (Fsp3) is 0.652. The van der Waals surface area contributed by atoms with Crippen molar-refractivity contribution >= 4 is 5.78 Å². The van der Waals surface area contributed by atoms with E-state index < -0.39 is 0 Å². The number of allylic oxidation sites excluding steroid dienone is 4. The first-order valence-corrected chi connectivity index (χ1v) is 9.80. The van der Waals surface area contributed by atoms with E-state index in [1.54, 1.807) is 0 Å². The molecule has 2 aliphatic rings. The fourth-order valence-corrected chi connectivity index (χ4v) is 2.57. The Balaban J connectivity index is 0. The molecule has 0 unspecified atom stereocenters.